The van der Waals surface area contributed by atoms with E-state index in [9.17, 15) is 0 Å². The molecule has 2 nitrogen and oxygen atoms in total. The van der Waals surface area contributed by atoms with Crippen molar-refractivity contribution < 1.29 is 0 Å². The van der Waals surface area contributed by atoms with Crippen LogP contribution in [0.2, 0.25) is 0 Å². The zero-order valence-corrected chi connectivity index (χ0v) is 14.3. The van der Waals surface area contributed by atoms with Gasteiger partial charge in [0.2, 0.25) is 0 Å². The highest BCUT2D eigenvalue weighted by atomic mass is 15.0. The monoisotopic (exact) mass is 282 g/mol. The first-order valence-electron chi connectivity index (χ1n) is 9.06. The summed E-state index contributed by atoms with van der Waals surface area (Å²) in [6.45, 7) is 8.74. The van der Waals surface area contributed by atoms with Crippen molar-refractivity contribution in [2.24, 2.45) is 4.99 Å². The molecule has 0 bridgehead atoms. The lowest BCUT2D eigenvalue weighted by Gasteiger charge is -2.06. The lowest BCUT2D eigenvalue weighted by molar-refractivity contribution is 0.600. The summed E-state index contributed by atoms with van der Waals surface area (Å²) in [6, 6.07) is 0. The molecule has 0 spiro atoms. The van der Waals surface area contributed by atoms with Gasteiger partial charge < -0.3 is 5.32 Å². The summed E-state index contributed by atoms with van der Waals surface area (Å²) < 4.78 is 0. The summed E-state index contributed by atoms with van der Waals surface area (Å²) >= 11 is 0. The van der Waals surface area contributed by atoms with Crippen molar-refractivity contribution in [3.63, 3.8) is 0 Å². The van der Waals surface area contributed by atoms with Crippen molar-refractivity contribution in [1.29, 1.82) is 0 Å². The lowest BCUT2D eigenvalue weighted by Crippen LogP contribution is -2.21. The molecule has 0 atom stereocenters. The first kappa shape index (κ1) is 19.5. The number of unbranched alkanes of at least 4 members (excludes halogenated alkanes) is 10. The summed E-state index contributed by atoms with van der Waals surface area (Å²) in [5.41, 5.74) is 0. The van der Waals surface area contributed by atoms with E-state index in [1.807, 2.05) is 0 Å². The molecule has 0 amide bonds. The van der Waals surface area contributed by atoms with Gasteiger partial charge in [0.1, 0.15) is 0 Å². The number of nitrogens with zero attached hydrogens (tertiary/aromatic N) is 1. The molecule has 0 saturated carbocycles. The third-order valence-electron chi connectivity index (χ3n) is 3.77. The molecule has 120 valence electrons. The zero-order chi connectivity index (χ0) is 14.9. The molecule has 0 aliphatic heterocycles. The molecular formula is C18H38N2. The molecule has 0 rings (SSSR count). The normalized spacial score (nSPS) is 11.8. The van der Waals surface area contributed by atoms with E-state index in [0.717, 1.165) is 18.9 Å². The molecule has 0 unspecified atom stereocenters. The van der Waals surface area contributed by atoms with Crippen molar-refractivity contribution in [2.45, 2.75) is 97.8 Å². The highest BCUT2D eigenvalue weighted by Gasteiger charge is 1.93. The van der Waals surface area contributed by atoms with Crippen molar-refractivity contribution >= 4 is 5.84 Å². The highest BCUT2D eigenvalue weighted by molar-refractivity contribution is 5.79. The summed E-state index contributed by atoms with van der Waals surface area (Å²) in [5, 5.41) is 3.43. The molecule has 0 fully saturated rings. The van der Waals surface area contributed by atoms with Crippen LogP contribution in [0.15, 0.2) is 4.99 Å². The second-order valence-corrected chi connectivity index (χ2v) is 5.93. The van der Waals surface area contributed by atoms with Crippen molar-refractivity contribution in [2.75, 3.05) is 13.1 Å². The minimum absolute atomic E-state index is 1.00. The second kappa shape index (κ2) is 16.5. The number of amidine groups is 1. The quantitative estimate of drug-likeness (QED) is 0.246. The van der Waals surface area contributed by atoms with Crippen LogP contribution in [-0.4, -0.2) is 18.9 Å². The van der Waals surface area contributed by atoms with Gasteiger partial charge in [-0.3, -0.25) is 4.99 Å². The number of aliphatic imine (C=N–C) groups is 1. The molecule has 0 aliphatic rings. The molecule has 1 N–H and O–H groups in total. The van der Waals surface area contributed by atoms with Crippen LogP contribution in [0.4, 0.5) is 0 Å². The van der Waals surface area contributed by atoms with Crippen molar-refractivity contribution in [3.8, 4) is 0 Å². The van der Waals surface area contributed by atoms with Crippen molar-refractivity contribution in [3.05, 3.63) is 0 Å². The van der Waals surface area contributed by atoms with E-state index in [1.54, 1.807) is 0 Å². The smallest absolute Gasteiger partial charge is 0.0931 e. The molecular weight excluding hydrogens is 244 g/mol. The summed E-state index contributed by atoms with van der Waals surface area (Å²) in [5.74, 6) is 1.13. The minimum atomic E-state index is 1.00. The first-order chi connectivity index (χ1) is 9.81. The molecule has 2 heteroatoms. The fraction of sp³-hybridized carbons (Fsp3) is 0.944. The average molecular weight is 283 g/mol. The first-order valence-corrected chi connectivity index (χ1v) is 9.06. The topological polar surface area (TPSA) is 24.4 Å². The van der Waals surface area contributed by atoms with Crippen LogP contribution in [0.1, 0.15) is 97.8 Å². The number of hydrogen-bond donors (Lipinski definition) is 1. The van der Waals surface area contributed by atoms with E-state index >= 15 is 0 Å². The SMILES string of the molecule is CCCCCCCC/N=C(\C)NCCCCCCCC. The van der Waals surface area contributed by atoms with Gasteiger partial charge in [0, 0.05) is 13.1 Å². The van der Waals surface area contributed by atoms with E-state index in [0.29, 0.717) is 0 Å². The Morgan fingerprint density at radius 1 is 0.700 bits per heavy atom. The largest absolute Gasteiger partial charge is 0.374 e. The fourth-order valence-corrected chi connectivity index (χ4v) is 2.37. The Balaban J connectivity index is 3.25. The van der Waals surface area contributed by atoms with Crippen LogP contribution in [-0.2, 0) is 0 Å². The minimum Gasteiger partial charge on any atom is -0.374 e. The Morgan fingerprint density at radius 3 is 1.80 bits per heavy atom. The van der Waals surface area contributed by atoms with E-state index in [4.69, 9.17) is 0 Å². The van der Waals surface area contributed by atoms with Crippen LogP contribution in [0.5, 0.6) is 0 Å². The summed E-state index contributed by atoms with van der Waals surface area (Å²) in [7, 11) is 0. The van der Waals surface area contributed by atoms with E-state index < -0.39 is 0 Å². The van der Waals surface area contributed by atoms with Crippen molar-refractivity contribution in [1.82, 2.24) is 5.32 Å². The van der Waals surface area contributed by atoms with Gasteiger partial charge in [0.15, 0.2) is 0 Å². The Morgan fingerprint density at radius 2 is 1.20 bits per heavy atom. The van der Waals surface area contributed by atoms with Gasteiger partial charge in [-0.25, -0.2) is 0 Å². The van der Waals surface area contributed by atoms with Crippen LogP contribution >= 0.6 is 0 Å². The third kappa shape index (κ3) is 15.5. The average Bonchev–Trinajstić information content (AvgIpc) is 2.45. The maximum Gasteiger partial charge on any atom is 0.0931 e. The van der Waals surface area contributed by atoms with Gasteiger partial charge >= 0.3 is 0 Å². The standard InChI is InChI=1S/C18H38N2/c1-4-6-8-10-12-14-16-19-18(3)20-17-15-13-11-9-7-5-2/h4-17H2,1-3H3,(H,19,20). The predicted molar refractivity (Wildman–Crippen MR) is 92.7 cm³/mol. The number of rotatable bonds is 14. The highest BCUT2D eigenvalue weighted by Crippen LogP contribution is 2.05. The Kier molecular flexibility index (Phi) is 16.1. The maximum absolute atomic E-state index is 4.59. The Hall–Kier alpha value is -0.530. The second-order valence-electron chi connectivity index (χ2n) is 5.93. The Bertz CT molecular complexity index is 211. The molecule has 0 aromatic heterocycles. The summed E-state index contributed by atoms with van der Waals surface area (Å²) in [4.78, 5) is 4.59. The number of nitrogens with one attached hydrogen (secondary N) is 1. The summed E-state index contributed by atoms with van der Waals surface area (Å²) in [6.07, 6.45) is 16.3. The van der Waals surface area contributed by atoms with E-state index in [1.165, 1.54) is 77.0 Å². The van der Waals surface area contributed by atoms with Crippen LogP contribution in [0, 0.1) is 0 Å². The maximum atomic E-state index is 4.59. The van der Waals surface area contributed by atoms with Gasteiger partial charge in [-0.05, 0) is 19.8 Å². The van der Waals surface area contributed by atoms with Gasteiger partial charge in [0.25, 0.3) is 0 Å². The van der Waals surface area contributed by atoms with Gasteiger partial charge in [-0.15, -0.1) is 0 Å². The molecule has 0 aromatic rings. The van der Waals surface area contributed by atoms with E-state index in [-0.39, 0.29) is 0 Å². The van der Waals surface area contributed by atoms with Crippen LogP contribution in [0.3, 0.4) is 0 Å². The molecule has 0 heterocycles. The lowest BCUT2D eigenvalue weighted by atomic mass is 10.1. The predicted octanol–water partition coefficient (Wildman–Crippen LogP) is 5.72. The van der Waals surface area contributed by atoms with Gasteiger partial charge in [0.05, 0.1) is 5.84 Å². The third-order valence-corrected chi connectivity index (χ3v) is 3.77. The van der Waals surface area contributed by atoms with E-state index in [2.05, 4.69) is 31.1 Å². The van der Waals surface area contributed by atoms with Crippen LogP contribution in [0.25, 0.3) is 0 Å². The van der Waals surface area contributed by atoms with Gasteiger partial charge in [-0.1, -0.05) is 78.1 Å². The molecule has 0 aliphatic carbocycles. The van der Waals surface area contributed by atoms with Gasteiger partial charge in [-0.2, -0.15) is 0 Å². The molecule has 20 heavy (non-hydrogen) atoms. The molecule has 0 radical (unpaired) electrons. The molecule has 0 saturated heterocycles. The van der Waals surface area contributed by atoms with Crippen LogP contribution < -0.4 is 5.32 Å². The Labute approximate surface area is 127 Å². The fourth-order valence-electron chi connectivity index (χ4n) is 2.37. The zero-order valence-electron chi connectivity index (χ0n) is 14.3. The molecule has 0 aromatic carbocycles. The number of hydrogen-bond acceptors (Lipinski definition) is 1.